The molecule has 0 radical (unpaired) electrons. The van der Waals surface area contributed by atoms with Crippen LogP contribution in [-0.2, 0) is 0 Å². The van der Waals surface area contributed by atoms with E-state index in [-0.39, 0.29) is 12.3 Å². The first kappa shape index (κ1) is 14.7. The van der Waals surface area contributed by atoms with Crippen molar-refractivity contribution in [2.45, 2.75) is 25.6 Å². The Morgan fingerprint density at radius 1 is 1.04 bits per heavy atom. The van der Waals surface area contributed by atoms with Gasteiger partial charge >= 0.3 is 0 Å². The Kier molecular flexibility index (Phi) is 3.38. The molecule has 3 heterocycles. The number of thiophene rings is 1. The third kappa shape index (κ3) is 2.45. The van der Waals surface area contributed by atoms with Crippen LogP contribution in [0, 0.1) is 6.92 Å². The fraction of sp³-hybridized carbons (Fsp3) is 0.190. The standard InChI is InChI=1S/C21H18N2OS/c1-14-8-10-15(11-9-14)17-13-18-16-5-2-3-6-19(16)24-21(23(18)22-17)20-7-4-12-25-20/h2-12,18,21H,13H2,1H3/t18-,21+/m0/s1. The molecule has 0 N–H and O–H groups in total. The molecule has 2 aromatic carbocycles. The zero-order valence-corrected chi connectivity index (χ0v) is 14.7. The van der Waals surface area contributed by atoms with Crippen LogP contribution in [0.4, 0.5) is 0 Å². The van der Waals surface area contributed by atoms with Crippen molar-refractivity contribution in [3.8, 4) is 5.75 Å². The minimum Gasteiger partial charge on any atom is -0.464 e. The zero-order valence-electron chi connectivity index (χ0n) is 13.9. The second kappa shape index (κ2) is 5.74. The summed E-state index contributed by atoms with van der Waals surface area (Å²) in [6, 6.07) is 21.4. The first-order valence-electron chi connectivity index (χ1n) is 8.51. The monoisotopic (exact) mass is 346 g/mol. The predicted octanol–water partition coefficient (Wildman–Crippen LogP) is 5.30. The van der Waals surface area contributed by atoms with Crippen molar-refractivity contribution in [3.05, 3.63) is 87.6 Å². The Hall–Kier alpha value is -2.59. The highest BCUT2D eigenvalue weighted by molar-refractivity contribution is 7.10. The molecule has 124 valence electrons. The van der Waals surface area contributed by atoms with Crippen LogP contribution in [0.1, 0.15) is 40.3 Å². The first-order valence-corrected chi connectivity index (χ1v) is 9.39. The molecule has 1 aromatic heterocycles. The van der Waals surface area contributed by atoms with Gasteiger partial charge in [-0.15, -0.1) is 11.3 Å². The highest BCUT2D eigenvalue weighted by atomic mass is 32.1. The van der Waals surface area contributed by atoms with Crippen LogP contribution in [0.3, 0.4) is 0 Å². The maximum absolute atomic E-state index is 6.32. The summed E-state index contributed by atoms with van der Waals surface area (Å²) in [6.45, 7) is 2.11. The lowest BCUT2D eigenvalue weighted by Crippen LogP contribution is -2.33. The molecule has 0 fully saturated rings. The van der Waals surface area contributed by atoms with Gasteiger partial charge < -0.3 is 4.74 Å². The number of hydrogen-bond acceptors (Lipinski definition) is 4. The average molecular weight is 346 g/mol. The Balaban J connectivity index is 1.59. The smallest absolute Gasteiger partial charge is 0.222 e. The third-order valence-corrected chi connectivity index (χ3v) is 5.77. The van der Waals surface area contributed by atoms with E-state index in [4.69, 9.17) is 9.84 Å². The maximum atomic E-state index is 6.32. The SMILES string of the molecule is Cc1ccc(C2=NN3[C@@H](c4cccs4)Oc4ccccc4[C@@H]3C2)cc1. The van der Waals surface area contributed by atoms with Crippen molar-refractivity contribution >= 4 is 17.0 Å². The quantitative estimate of drug-likeness (QED) is 0.629. The summed E-state index contributed by atoms with van der Waals surface area (Å²) >= 11 is 1.72. The lowest BCUT2D eigenvalue weighted by atomic mass is 9.96. The molecule has 0 bridgehead atoms. The molecule has 0 amide bonds. The van der Waals surface area contributed by atoms with E-state index >= 15 is 0 Å². The van der Waals surface area contributed by atoms with Crippen molar-refractivity contribution < 1.29 is 4.74 Å². The van der Waals surface area contributed by atoms with Crippen LogP contribution >= 0.6 is 11.3 Å². The summed E-state index contributed by atoms with van der Waals surface area (Å²) in [6.07, 6.45) is 0.758. The third-order valence-electron chi connectivity index (χ3n) is 4.87. The van der Waals surface area contributed by atoms with Crippen molar-refractivity contribution in [2.24, 2.45) is 5.10 Å². The molecule has 0 saturated heterocycles. The zero-order chi connectivity index (χ0) is 16.8. The van der Waals surface area contributed by atoms with Crippen LogP contribution in [0.15, 0.2) is 71.1 Å². The van der Waals surface area contributed by atoms with Gasteiger partial charge in [0.2, 0.25) is 6.23 Å². The maximum Gasteiger partial charge on any atom is 0.222 e. The van der Waals surface area contributed by atoms with Gasteiger partial charge in [-0.3, -0.25) is 0 Å². The molecule has 0 unspecified atom stereocenters. The topological polar surface area (TPSA) is 24.8 Å². The second-order valence-corrected chi connectivity index (χ2v) is 7.52. The molecule has 2 aliphatic heterocycles. The highest BCUT2D eigenvalue weighted by Gasteiger charge is 2.41. The van der Waals surface area contributed by atoms with E-state index in [1.807, 2.05) is 6.07 Å². The fourth-order valence-electron chi connectivity index (χ4n) is 3.57. The Morgan fingerprint density at radius 3 is 2.68 bits per heavy atom. The minimum absolute atomic E-state index is 0.150. The molecule has 5 rings (SSSR count). The number of hydrogen-bond donors (Lipinski definition) is 0. The molecule has 3 aromatic rings. The molecule has 0 spiro atoms. The Labute approximate surface area is 151 Å². The number of hydrazone groups is 1. The van der Waals surface area contributed by atoms with Gasteiger partial charge in [-0.25, -0.2) is 5.01 Å². The molecule has 3 nitrogen and oxygen atoms in total. The summed E-state index contributed by atoms with van der Waals surface area (Å²) in [5.74, 6) is 0.975. The van der Waals surface area contributed by atoms with Crippen molar-refractivity contribution in [2.75, 3.05) is 0 Å². The Bertz CT molecular complexity index is 931. The lowest BCUT2D eigenvalue weighted by Gasteiger charge is -2.37. The van der Waals surface area contributed by atoms with Crippen LogP contribution in [0.5, 0.6) is 5.75 Å². The van der Waals surface area contributed by atoms with Crippen molar-refractivity contribution in [1.29, 1.82) is 0 Å². The summed E-state index contributed by atoms with van der Waals surface area (Å²) in [5.41, 5.74) is 4.82. The van der Waals surface area contributed by atoms with Gasteiger partial charge in [0, 0.05) is 12.0 Å². The predicted molar refractivity (Wildman–Crippen MR) is 101 cm³/mol. The number of aryl methyl sites for hydroxylation is 1. The number of fused-ring (bicyclic) bond motifs is 3. The van der Waals surface area contributed by atoms with Gasteiger partial charge in [-0.05, 0) is 30.0 Å². The molecule has 2 aliphatic rings. The summed E-state index contributed by atoms with van der Waals surface area (Å²) in [4.78, 5) is 1.19. The van der Waals surface area contributed by atoms with E-state index in [2.05, 4.69) is 71.9 Å². The minimum atomic E-state index is -0.150. The van der Waals surface area contributed by atoms with E-state index < -0.39 is 0 Å². The molecular formula is C21H18N2OS. The molecule has 0 saturated carbocycles. The van der Waals surface area contributed by atoms with Crippen LogP contribution in [0.25, 0.3) is 0 Å². The van der Waals surface area contributed by atoms with Gasteiger partial charge in [-0.1, -0.05) is 54.1 Å². The molecule has 4 heteroatoms. The number of rotatable bonds is 2. The number of benzene rings is 2. The van der Waals surface area contributed by atoms with E-state index in [0.717, 1.165) is 17.9 Å². The van der Waals surface area contributed by atoms with E-state index in [1.54, 1.807) is 11.3 Å². The lowest BCUT2D eigenvalue weighted by molar-refractivity contribution is -0.0165. The van der Waals surface area contributed by atoms with Crippen LogP contribution in [-0.4, -0.2) is 10.7 Å². The van der Waals surface area contributed by atoms with Gasteiger partial charge in [-0.2, -0.15) is 5.10 Å². The second-order valence-electron chi connectivity index (χ2n) is 6.54. The number of ether oxygens (including phenoxy) is 1. The summed E-state index contributed by atoms with van der Waals surface area (Å²) in [5, 5.41) is 9.21. The average Bonchev–Trinajstić information content (AvgIpc) is 3.32. The first-order chi connectivity index (χ1) is 12.3. The molecular weight excluding hydrogens is 328 g/mol. The van der Waals surface area contributed by atoms with Gasteiger partial charge in [0.1, 0.15) is 5.75 Å². The Morgan fingerprint density at radius 2 is 1.88 bits per heavy atom. The van der Waals surface area contributed by atoms with Gasteiger partial charge in [0.25, 0.3) is 0 Å². The van der Waals surface area contributed by atoms with Crippen LogP contribution in [0.2, 0.25) is 0 Å². The van der Waals surface area contributed by atoms with E-state index in [0.29, 0.717) is 0 Å². The number of nitrogens with zero attached hydrogens (tertiary/aromatic N) is 2. The summed E-state index contributed by atoms with van der Waals surface area (Å²) < 4.78 is 6.32. The van der Waals surface area contributed by atoms with Gasteiger partial charge in [0.15, 0.2) is 0 Å². The van der Waals surface area contributed by atoms with E-state index in [9.17, 15) is 0 Å². The summed E-state index contributed by atoms with van der Waals surface area (Å²) in [7, 11) is 0. The highest BCUT2D eigenvalue weighted by Crippen LogP contribution is 2.47. The molecule has 2 atom stereocenters. The van der Waals surface area contributed by atoms with Gasteiger partial charge in [0.05, 0.1) is 16.6 Å². The fourth-order valence-corrected chi connectivity index (χ4v) is 4.32. The van der Waals surface area contributed by atoms with Crippen molar-refractivity contribution in [3.63, 3.8) is 0 Å². The molecule has 0 aliphatic carbocycles. The van der Waals surface area contributed by atoms with E-state index in [1.165, 1.54) is 21.6 Å². The normalized spacial score (nSPS) is 21.3. The molecule has 25 heavy (non-hydrogen) atoms. The van der Waals surface area contributed by atoms with Crippen LogP contribution < -0.4 is 4.74 Å². The number of para-hydroxylation sites is 1. The van der Waals surface area contributed by atoms with Crippen molar-refractivity contribution in [1.82, 2.24) is 5.01 Å². The largest absolute Gasteiger partial charge is 0.464 e.